The quantitative estimate of drug-likeness (QED) is 0.642. The lowest BCUT2D eigenvalue weighted by Gasteiger charge is -2.09. The molecule has 22 heavy (non-hydrogen) atoms. The number of phenolic OH excluding ortho intramolecular Hbond substituents is 1. The zero-order chi connectivity index (χ0) is 15.4. The van der Waals surface area contributed by atoms with E-state index in [2.05, 4.69) is 10.3 Å². The largest absolute Gasteiger partial charge is 0.508 e. The summed E-state index contributed by atoms with van der Waals surface area (Å²) in [6.45, 7) is 0.621. The minimum Gasteiger partial charge on any atom is -0.508 e. The highest BCUT2D eigenvalue weighted by atomic mass is 16.3. The number of aromatic nitrogens is 1. The fourth-order valence-electron chi connectivity index (χ4n) is 2.28. The van der Waals surface area contributed by atoms with Crippen molar-refractivity contribution in [3.8, 4) is 16.9 Å². The van der Waals surface area contributed by atoms with Gasteiger partial charge in [-0.15, -0.1) is 0 Å². The van der Waals surface area contributed by atoms with Crippen LogP contribution in [0.5, 0.6) is 5.75 Å². The molecule has 0 saturated heterocycles. The second kappa shape index (κ2) is 6.18. The van der Waals surface area contributed by atoms with E-state index in [1.54, 1.807) is 18.3 Å². The van der Waals surface area contributed by atoms with Gasteiger partial charge in [0.1, 0.15) is 5.75 Å². The average molecular weight is 291 g/mol. The number of benzene rings is 2. The van der Waals surface area contributed by atoms with Crippen LogP contribution in [-0.4, -0.2) is 10.1 Å². The molecule has 0 saturated carbocycles. The first-order chi connectivity index (χ1) is 10.7. The topological polar surface area (TPSA) is 71.2 Å². The third-order valence-corrected chi connectivity index (χ3v) is 3.37. The standard InChI is InChI=1S/C18H17N3O/c19-16-5-2-4-14(8-16)15-9-17(12-20-11-15)21-10-13-3-1-6-18(22)7-13/h1-9,11-12,21-22H,10,19H2. The summed E-state index contributed by atoms with van der Waals surface area (Å²) in [5.74, 6) is 0.269. The Balaban J connectivity index is 1.77. The highest BCUT2D eigenvalue weighted by Crippen LogP contribution is 2.23. The van der Waals surface area contributed by atoms with Crippen molar-refractivity contribution in [2.75, 3.05) is 11.1 Å². The normalized spacial score (nSPS) is 10.4. The van der Waals surface area contributed by atoms with Gasteiger partial charge in [-0.1, -0.05) is 24.3 Å². The summed E-state index contributed by atoms with van der Waals surface area (Å²) in [5.41, 5.74) is 10.5. The summed E-state index contributed by atoms with van der Waals surface area (Å²) in [5, 5.41) is 12.8. The molecule has 3 rings (SSSR count). The maximum atomic E-state index is 9.48. The zero-order valence-electron chi connectivity index (χ0n) is 12.0. The number of nitrogens with zero attached hydrogens (tertiary/aromatic N) is 1. The lowest BCUT2D eigenvalue weighted by molar-refractivity contribution is 0.474. The minimum atomic E-state index is 0.269. The maximum Gasteiger partial charge on any atom is 0.115 e. The fraction of sp³-hybridized carbons (Fsp3) is 0.0556. The van der Waals surface area contributed by atoms with E-state index in [1.165, 1.54) is 0 Å². The average Bonchev–Trinajstić information content (AvgIpc) is 2.53. The van der Waals surface area contributed by atoms with E-state index in [0.29, 0.717) is 6.54 Å². The van der Waals surface area contributed by atoms with Gasteiger partial charge in [-0.3, -0.25) is 4.98 Å². The number of nitrogens with one attached hydrogen (secondary N) is 1. The van der Waals surface area contributed by atoms with E-state index in [-0.39, 0.29) is 5.75 Å². The molecule has 0 unspecified atom stereocenters. The second-order valence-electron chi connectivity index (χ2n) is 5.11. The van der Waals surface area contributed by atoms with Crippen LogP contribution in [0.3, 0.4) is 0 Å². The highest BCUT2D eigenvalue weighted by molar-refractivity contribution is 5.69. The van der Waals surface area contributed by atoms with Crippen LogP contribution in [0, 0.1) is 0 Å². The number of aromatic hydroxyl groups is 1. The molecule has 0 spiro atoms. The van der Waals surface area contributed by atoms with E-state index in [9.17, 15) is 5.11 Å². The van der Waals surface area contributed by atoms with E-state index < -0.39 is 0 Å². The summed E-state index contributed by atoms with van der Waals surface area (Å²) in [7, 11) is 0. The maximum absolute atomic E-state index is 9.48. The van der Waals surface area contributed by atoms with Crippen molar-refractivity contribution in [2.45, 2.75) is 6.54 Å². The van der Waals surface area contributed by atoms with Crippen LogP contribution in [-0.2, 0) is 6.54 Å². The highest BCUT2D eigenvalue weighted by Gasteiger charge is 2.01. The molecule has 3 aromatic rings. The van der Waals surface area contributed by atoms with Crippen LogP contribution in [0.25, 0.3) is 11.1 Å². The third-order valence-electron chi connectivity index (χ3n) is 3.37. The molecule has 0 fully saturated rings. The molecule has 0 radical (unpaired) electrons. The second-order valence-corrected chi connectivity index (χ2v) is 5.11. The Labute approximate surface area is 129 Å². The number of hydrogen-bond donors (Lipinski definition) is 3. The first-order valence-corrected chi connectivity index (χ1v) is 7.03. The van der Waals surface area contributed by atoms with Gasteiger partial charge in [0.05, 0.1) is 5.69 Å². The predicted octanol–water partition coefficient (Wildman–Crippen LogP) is 3.65. The smallest absolute Gasteiger partial charge is 0.115 e. The third kappa shape index (κ3) is 3.35. The monoisotopic (exact) mass is 291 g/mol. The molecule has 0 aliphatic heterocycles. The Morgan fingerprint density at radius 3 is 2.64 bits per heavy atom. The molecule has 0 bridgehead atoms. The van der Waals surface area contributed by atoms with Gasteiger partial charge in [0, 0.05) is 30.2 Å². The van der Waals surface area contributed by atoms with Gasteiger partial charge in [-0.05, 0) is 41.5 Å². The predicted molar refractivity (Wildman–Crippen MR) is 89.5 cm³/mol. The van der Waals surface area contributed by atoms with Crippen molar-refractivity contribution in [3.05, 3.63) is 72.6 Å². The Hall–Kier alpha value is -3.01. The number of pyridine rings is 1. The van der Waals surface area contributed by atoms with Crippen LogP contribution < -0.4 is 11.1 Å². The van der Waals surface area contributed by atoms with Crippen molar-refractivity contribution in [2.24, 2.45) is 0 Å². The molecule has 0 aliphatic carbocycles. The van der Waals surface area contributed by atoms with Crippen molar-refractivity contribution < 1.29 is 5.11 Å². The van der Waals surface area contributed by atoms with Crippen molar-refractivity contribution >= 4 is 11.4 Å². The van der Waals surface area contributed by atoms with E-state index in [0.717, 1.165) is 28.1 Å². The molecule has 1 heterocycles. The molecule has 4 N–H and O–H groups in total. The van der Waals surface area contributed by atoms with Crippen LogP contribution in [0.4, 0.5) is 11.4 Å². The van der Waals surface area contributed by atoms with Crippen molar-refractivity contribution in [1.82, 2.24) is 4.98 Å². The molecular weight excluding hydrogens is 274 g/mol. The summed E-state index contributed by atoms with van der Waals surface area (Å²) in [6, 6.07) is 16.9. The summed E-state index contributed by atoms with van der Waals surface area (Å²) >= 11 is 0. The van der Waals surface area contributed by atoms with Gasteiger partial charge in [0.2, 0.25) is 0 Å². The van der Waals surface area contributed by atoms with Crippen LogP contribution in [0.15, 0.2) is 67.0 Å². The lowest BCUT2D eigenvalue weighted by atomic mass is 10.1. The van der Waals surface area contributed by atoms with Gasteiger partial charge < -0.3 is 16.2 Å². The van der Waals surface area contributed by atoms with Gasteiger partial charge in [0.25, 0.3) is 0 Å². The Bertz CT molecular complexity index is 787. The van der Waals surface area contributed by atoms with Gasteiger partial charge in [-0.25, -0.2) is 0 Å². The Morgan fingerprint density at radius 2 is 1.82 bits per heavy atom. The van der Waals surface area contributed by atoms with Crippen LogP contribution in [0.2, 0.25) is 0 Å². The van der Waals surface area contributed by atoms with E-state index in [4.69, 9.17) is 5.73 Å². The first kappa shape index (κ1) is 13.9. The molecule has 4 nitrogen and oxygen atoms in total. The summed E-state index contributed by atoms with van der Waals surface area (Å²) in [4.78, 5) is 4.27. The van der Waals surface area contributed by atoms with Crippen LogP contribution in [0.1, 0.15) is 5.56 Å². The minimum absolute atomic E-state index is 0.269. The van der Waals surface area contributed by atoms with E-state index >= 15 is 0 Å². The molecule has 2 aromatic carbocycles. The fourth-order valence-corrected chi connectivity index (χ4v) is 2.28. The number of phenols is 1. The van der Waals surface area contributed by atoms with Crippen molar-refractivity contribution in [3.63, 3.8) is 0 Å². The van der Waals surface area contributed by atoms with Crippen LogP contribution >= 0.6 is 0 Å². The van der Waals surface area contributed by atoms with E-state index in [1.807, 2.05) is 48.7 Å². The van der Waals surface area contributed by atoms with Gasteiger partial charge >= 0.3 is 0 Å². The molecule has 0 aliphatic rings. The zero-order valence-corrected chi connectivity index (χ0v) is 12.0. The molecule has 110 valence electrons. The molecule has 4 heteroatoms. The number of anilines is 2. The lowest BCUT2D eigenvalue weighted by Crippen LogP contribution is -1.99. The SMILES string of the molecule is Nc1cccc(-c2cncc(NCc3cccc(O)c3)c2)c1. The molecular formula is C18H17N3O. The van der Waals surface area contributed by atoms with Gasteiger partial charge in [0.15, 0.2) is 0 Å². The Kier molecular flexibility index (Phi) is 3.92. The molecule has 0 amide bonds. The number of hydrogen-bond acceptors (Lipinski definition) is 4. The van der Waals surface area contributed by atoms with Gasteiger partial charge in [-0.2, -0.15) is 0 Å². The first-order valence-electron chi connectivity index (χ1n) is 7.03. The molecule has 0 atom stereocenters. The van der Waals surface area contributed by atoms with Crippen molar-refractivity contribution in [1.29, 1.82) is 0 Å². The summed E-state index contributed by atoms with van der Waals surface area (Å²) < 4.78 is 0. The molecule has 1 aromatic heterocycles. The summed E-state index contributed by atoms with van der Waals surface area (Å²) in [6.07, 6.45) is 3.59. The Morgan fingerprint density at radius 1 is 0.955 bits per heavy atom. The number of rotatable bonds is 4. The number of nitrogens with two attached hydrogens (primary N) is 1. The number of nitrogen functional groups attached to an aromatic ring is 1.